The summed E-state index contributed by atoms with van der Waals surface area (Å²) in [6.07, 6.45) is 0.399. The standard InChI is InChI=1S/C26H38N4O6/c1-16(2)12-19(26(33)29(5)15-23(31)36-8)27-25(32)18-13-20(30(28-18)14-17(3)4)24-21(34-6)10-9-11-22(24)35-7/h9-11,13,16-17,19H,12,14-15H2,1-8H3,(H,27,32). The van der Waals surface area contributed by atoms with Gasteiger partial charge in [0.25, 0.3) is 5.91 Å². The number of carbonyl (C=O) groups excluding carboxylic acids is 3. The van der Waals surface area contributed by atoms with Gasteiger partial charge < -0.3 is 24.4 Å². The lowest BCUT2D eigenvalue weighted by Crippen LogP contribution is -2.49. The van der Waals surface area contributed by atoms with Crippen molar-refractivity contribution in [2.75, 3.05) is 34.9 Å². The Hall–Kier alpha value is -3.56. The van der Waals surface area contributed by atoms with E-state index in [0.717, 1.165) is 0 Å². The molecule has 10 heteroatoms. The fraction of sp³-hybridized carbons (Fsp3) is 0.538. The van der Waals surface area contributed by atoms with Gasteiger partial charge in [0.15, 0.2) is 5.69 Å². The van der Waals surface area contributed by atoms with E-state index in [1.807, 2.05) is 32.0 Å². The first kappa shape index (κ1) is 28.7. The number of likely N-dealkylation sites (N-methyl/N-ethyl adjacent to an activating group) is 1. The summed E-state index contributed by atoms with van der Waals surface area (Å²) in [5.41, 5.74) is 1.51. The van der Waals surface area contributed by atoms with Gasteiger partial charge in [-0.2, -0.15) is 5.10 Å². The first-order valence-corrected chi connectivity index (χ1v) is 11.9. The van der Waals surface area contributed by atoms with E-state index in [9.17, 15) is 14.4 Å². The van der Waals surface area contributed by atoms with Gasteiger partial charge >= 0.3 is 5.97 Å². The van der Waals surface area contributed by atoms with Crippen molar-refractivity contribution in [2.45, 2.75) is 46.7 Å². The normalized spacial score (nSPS) is 11.8. The van der Waals surface area contributed by atoms with Gasteiger partial charge in [-0.3, -0.25) is 19.1 Å². The molecule has 1 aromatic heterocycles. The van der Waals surface area contributed by atoms with Crippen LogP contribution in [0, 0.1) is 11.8 Å². The van der Waals surface area contributed by atoms with Gasteiger partial charge in [0.2, 0.25) is 5.91 Å². The molecule has 2 aromatic rings. The van der Waals surface area contributed by atoms with Gasteiger partial charge in [-0.1, -0.05) is 33.8 Å². The van der Waals surface area contributed by atoms with Crippen LogP contribution in [0.3, 0.4) is 0 Å². The quantitative estimate of drug-likeness (QED) is 0.444. The Morgan fingerprint density at radius 3 is 2.14 bits per heavy atom. The van der Waals surface area contributed by atoms with Crippen molar-refractivity contribution < 1.29 is 28.6 Å². The van der Waals surface area contributed by atoms with Crippen molar-refractivity contribution in [2.24, 2.45) is 11.8 Å². The second kappa shape index (κ2) is 12.9. The molecule has 2 amide bonds. The van der Waals surface area contributed by atoms with E-state index in [-0.39, 0.29) is 30.0 Å². The largest absolute Gasteiger partial charge is 0.496 e. The number of nitrogens with zero attached hydrogens (tertiary/aromatic N) is 3. The van der Waals surface area contributed by atoms with Crippen LogP contribution in [-0.4, -0.2) is 73.4 Å². The van der Waals surface area contributed by atoms with Crippen molar-refractivity contribution in [3.05, 3.63) is 30.0 Å². The topological polar surface area (TPSA) is 112 Å². The van der Waals surface area contributed by atoms with Crippen molar-refractivity contribution in [1.29, 1.82) is 0 Å². The average molecular weight is 503 g/mol. The molecule has 36 heavy (non-hydrogen) atoms. The molecule has 0 aliphatic rings. The number of benzene rings is 1. The van der Waals surface area contributed by atoms with Crippen molar-refractivity contribution >= 4 is 17.8 Å². The third kappa shape index (κ3) is 7.22. The number of aromatic nitrogens is 2. The van der Waals surface area contributed by atoms with Gasteiger partial charge in [-0.15, -0.1) is 0 Å². The Morgan fingerprint density at radius 2 is 1.64 bits per heavy atom. The summed E-state index contributed by atoms with van der Waals surface area (Å²) in [7, 11) is 5.90. The molecule has 1 heterocycles. The molecule has 0 aliphatic carbocycles. The second-order valence-corrected chi connectivity index (χ2v) is 9.45. The van der Waals surface area contributed by atoms with E-state index in [4.69, 9.17) is 9.47 Å². The predicted molar refractivity (Wildman–Crippen MR) is 136 cm³/mol. The summed E-state index contributed by atoms with van der Waals surface area (Å²) in [5.74, 6) is 0.143. The third-order valence-corrected chi connectivity index (χ3v) is 5.52. The Morgan fingerprint density at radius 1 is 1.03 bits per heavy atom. The van der Waals surface area contributed by atoms with Gasteiger partial charge in [0.1, 0.15) is 24.1 Å². The number of ether oxygens (including phenoxy) is 3. The van der Waals surface area contributed by atoms with Crippen LogP contribution in [0.2, 0.25) is 0 Å². The summed E-state index contributed by atoms with van der Waals surface area (Å²) in [4.78, 5) is 39.3. The number of amides is 2. The Balaban J connectivity index is 2.44. The Labute approximate surface area is 212 Å². The monoisotopic (exact) mass is 502 g/mol. The maximum absolute atomic E-state index is 13.3. The fourth-order valence-corrected chi connectivity index (χ4v) is 3.84. The average Bonchev–Trinajstić information content (AvgIpc) is 3.24. The van der Waals surface area contributed by atoms with Gasteiger partial charge in [-0.05, 0) is 36.5 Å². The molecule has 1 N–H and O–H groups in total. The van der Waals surface area contributed by atoms with Crippen LogP contribution in [0.15, 0.2) is 24.3 Å². The van der Waals surface area contributed by atoms with Crippen molar-refractivity contribution in [3.8, 4) is 22.8 Å². The summed E-state index contributed by atoms with van der Waals surface area (Å²) in [6.45, 7) is 8.37. The summed E-state index contributed by atoms with van der Waals surface area (Å²) < 4.78 is 17.5. The molecule has 1 unspecified atom stereocenters. The van der Waals surface area contributed by atoms with Crippen LogP contribution < -0.4 is 14.8 Å². The molecule has 2 rings (SSSR count). The van der Waals surface area contributed by atoms with E-state index in [1.165, 1.54) is 19.1 Å². The molecular formula is C26H38N4O6. The van der Waals surface area contributed by atoms with Crippen LogP contribution in [0.4, 0.5) is 0 Å². The lowest BCUT2D eigenvalue weighted by atomic mass is 10.0. The van der Waals surface area contributed by atoms with Gasteiger partial charge in [0, 0.05) is 13.6 Å². The van der Waals surface area contributed by atoms with Crippen LogP contribution in [0.1, 0.15) is 44.6 Å². The maximum atomic E-state index is 13.3. The van der Waals surface area contributed by atoms with Gasteiger partial charge in [-0.25, -0.2) is 0 Å². The highest BCUT2D eigenvalue weighted by Crippen LogP contribution is 2.38. The Kier molecular flexibility index (Phi) is 10.3. The lowest BCUT2D eigenvalue weighted by molar-refractivity contribution is -0.146. The zero-order chi connectivity index (χ0) is 27.0. The summed E-state index contributed by atoms with van der Waals surface area (Å²) >= 11 is 0. The number of hydrogen-bond donors (Lipinski definition) is 1. The molecule has 0 aliphatic heterocycles. The highest BCUT2D eigenvalue weighted by Gasteiger charge is 2.28. The van der Waals surface area contributed by atoms with E-state index in [0.29, 0.717) is 35.7 Å². The zero-order valence-corrected chi connectivity index (χ0v) is 22.5. The van der Waals surface area contributed by atoms with E-state index in [1.54, 1.807) is 25.0 Å². The van der Waals surface area contributed by atoms with E-state index in [2.05, 4.69) is 29.0 Å². The van der Waals surface area contributed by atoms with Crippen LogP contribution in [0.25, 0.3) is 11.3 Å². The minimum Gasteiger partial charge on any atom is -0.496 e. The molecule has 198 valence electrons. The fourth-order valence-electron chi connectivity index (χ4n) is 3.84. The molecule has 1 atom stereocenters. The minimum atomic E-state index is -0.827. The van der Waals surface area contributed by atoms with Gasteiger partial charge in [0.05, 0.1) is 32.6 Å². The molecular weight excluding hydrogens is 464 g/mol. The van der Waals surface area contributed by atoms with Crippen molar-refractivity contribution in [1.82, 2.24) is 20.0 Å². The first-order valence-electron chi connectivity index (χ1n) is 11.9. The van der Waals surface area contributed by atoms with Crippen LogP contribution >= 0.6 is 0 Å². The molecule has 0 saturated heterocycles. The highest BCUT2D eigenvalue weighted by molar-refractivity contribution is 5.97. The smallest absolute Gasteiger partial charge is 0.325 e. The van der Waals surface area contributed by atoms with E-state index < -0.39 is 17.9 Å². The number of methoxy groups -OCH3 is 3. The third-order valence-electron chi connectivity index (χ3n) is 5.52. The molecule has 0 fully saturated rings. The Bertz CT molecular complexity index is 1040. The molecule has 0 spiro atoms. The molecule has 0 radical (unpaired) electrons. The van der Waals surface area contributed by atoms with E-state index >= 15 is 0 Å². The molecule has 0 bridgehead atoms. The minimum absolute atomic E-state index is 0.123. The zero-order valence-electron chi connectivity index (χ0n) is 22.5. The molecule has 10 nitrogen and oxygen atoms in total. The van der Waals surface area contributed by atoms with Crippen LogP contribution in [0.5, 0.6) is 11.5 Å². The number of carbonyl (C=O) groups is 3. The predicted octanol–water partition coefficient (Wildman–Crippen LogP) is 3.00. The summed E-state index contributed by atoms with van der Waals surface area (Å²) in [5, 5.41) is 7.39. The highest BCUT2D eigenvalue weighted by atomic mass is 16.5. The number of rotatable bonds is 12. The number of esters is 1. The van der Waals surface area contributed by atoms with Crippen molar-refractivity contribution in [3.63, 3.8) is 0 Å². The second-order valence-electron chi connectivity index (χ2n) is 9.45. The summed E-state index contributed by atoms with van der Waals surface area (Å²) in [6, 6.07) is 6.31. The SMILES string of the molecule is COC(=O)CN(C)C(=O)C(CC(C)C)NC(=O)c1cc(-c2c(OC)cccc2OC)n(CC(C)C)n1. The lowest BCUT2D eigenvalue weighted by Gasteiger charge is -2.24. The maximum Gasteiger partial charge on any atom is 0.325 e. The number of hydrogen-bond acceptors (Lipinski definition) is 7. The first-order chi connectivity index (χ1) is 17.0. The number of nitrogens with one attached hydrogen (secondary N) is 1. The van der Waals surface area contributed by atoms with Crippen LogP contribution in [-0.2, 0) is 20.9 Å². The molecule has 0 saturated carbocycles. The molecule has 1 aromatic carbocycles.